The summed E-state index contributed by atoms with van der Waals surface area (Å²) >= 11 is 0. The molecule has 0 unspecified atom stereocenters. The van der Waals surface area contributed by atoms with Crippen molar-refractivity contribution in [2.45, 2.75) is 72.0 Å². The van der Waals surface area contributed by atoms with E-state index in [0.717, 1.165) is 16.7 Å². The molecule has 0 radical (unpaired) electrons. The summed E-state index contributed by atoms with van der Waals surface area (Å²) in [5.41, 5.74) is 3.87. The molecule has 3 aromatic rings. The van der Waals surface area contributed by atoms with Crippen molar-refractivity contribution in [2.24, 2.45) is 0 Å². The molecule has 1 N–H and O–H groups in total. The number of amides is 2. The largest absolute Gasteiger partial charge is 0.484 e. The van der Waals surface area contributed by atoms with Crippen LogP contribution in [-0.4, -0.2) is 34.9 Å². The average molecular weight is 501 g/mol. The zero-order valence-electron chi connectivity index (χ0n) is 23.0. The summed E-state index contributed by atoms with van der Waals surface area (Å²) in [4.78, 5) is 28.9. The fourth-order valence-electron chi connectivity index (χ4n) is 4.07. The van der Waals surface area contributed by atoms with Crippen LogP contribution in [0, 0.1) is 6.92 Å². The molecule has 2 amide bonds. The number of carbonyl (C=O) groups is 2. The lowest BCUT2D eigenvalue weighted by Gasteiger charge is -2.33. The molecule has 196 valence electrons. The lowest BCUT2D eigenvalue weighted by Crippen LogP contribution is -2.55. The van der Waals surface area contributed by atoms with Crippen LogP contribution < -0.4 is 10.1 Å². The molecule has 0 bridgehead atoms. The quantitative estimate of drug-likeness (QED) is 0.369. The summed E-state index contributed by atoms with van der Waals surface area (Å²) in [5, 5.41) is 3.09. The van der Waals surface area contributed by atoms with Crippen LogP contribution in [0.5, 0.6) is 5.75 Å². The van der Waals surface area contributed by atoms with Crippen molar-refractivity contribution in [1.82, 2.24) is 10.2 Å². The molecule has 0 aliphatic carbocycles. The van der Waals surface area contributed by atoms with Gasteiger partial charge in [-0.1, -0.05) is 86.1 Å². The lowest BCUT2D eigenvalue weighted by molar-refractivity contribution is -0.143. The van der Waals surface area contributed by atoms with E-state index in [1.807, 2.05) is 107 Å². The van der Waals surface area contributed by atoms with E-state index in [2.05, 4.69) is 19.2 Å². The second-order valence-corrected chi connectivity index (χ2v) is 11.0. The fraction of sp³-hybridized carbons (Fsp3) is 0.375. The predicted octanol–water partition coefficient (Wildman–Crippen LogP) is 6.05. The molecule has 0 fully saturated rings. The smallest absolute Gasteiger partial charge is 0.261 e. The molecule has 1 atom stereocenters. The van der Waals surface area contributed by atoms with Crippen LogP contribution in [-0.2, 0) is 22.6 Å². The first-order valence-electron chi connectivity index (χ1n) is 13.0. The molecule has 0 heterocycles. The Morgan fingerprint density at radius 2 is 1.49 bits per heavy atom. The van der Waals surface area contributed by atoms with Crippen molar-refractivity contribution in [3.8, 4) is 5.75 Å². The standard InChI is InChI=1S/C32H40N2O3/c1-23(2)27-16-18-28(19-17-27)37-22-30(35)34(21-26-14-12-24(3)13-15-26)29(31(36)33-32(4,5)6)20-25-10-8-7-9-11-25/h7-19,23,29H,20-22H2,1-6H3,(H,33,36)/t29-/m1/s1. The van der Waals surface area contributed by atoms with Crippen molar-refractivity contribution in [1.29, 1.82) is 0 Å². The monoisotopic (exact) mass is 500 g/mol. The minimum atomic E-state index is -0.692. The van der Waals surface area contributed by atoms with E-state index in [0.29, 0.717) is 24.6 Å². The second kappa shape index (κ2) is 12.6. The van der Waals surface area contributed by atoms with Gasteiger partial charge in [0, 0.05) is 18.5 Å². The first kappa shape index (κ1) is 28.0. The third kappa shape index (κ3) is 8.78. The van der Waals surface area contributed by atoms with E-state index in [-0.39, 0.29) is 18.4 Å². The molecule has 37 heavy (non-hydrogen) atoms. The number of carbonyl (C=O) groups excluding carboxylic acids is 2. The van der Waals surface area contributed by atoms with Crippen LogP contribution in [0.3, 0.4) is 0 Å². The summed E-state index contributed by atoms with van der Waals surface area (Å²) < 4.78 is 5.90. The minimum absolute atomic E-state index is 0.152. The van der Waals surface area contributed by atoms with E-state index < -0.39 is 11.6 Å². The highest BCUT2D eigenvalue weighted by Crippen LogP contribution is 2.20. The Labute approximate surface area is 221 Å². The fourth-order valence-corrected chi connectivity index (χ4v) is 4.07. The van der Waals surface area contributed by atoms with Gasteiger partial charge in [0.2, 0.25) is 5.91 Å². The maximum atomic E-state index is 13.7. The average Bonchev–Trinajstić information content (AvgIpc) is 2.85. The molecule has 3 rings (SSSR count). The van der Waals surface area contributed by atoms with Gasteiger partial charge in [-0.05, 0) is 62.4 Å². The molecule has 0 saturated heterocycles. The van der Waals surface area contributed by atoms with Crippen molar-refractivity contribution in [3.05, 3.63) is 101 Å². The Kier molecular flexibility index (Phi) is 9.51. The maximum Gasteiger partial charge on any atom is 0.261 e. The molecule has 0 spiro atoms. The van der Waals surface area contributed by atoms with Crippen LogP contribution in [0.15, 0.2) is 78.9 Å². The number of aryl methyl sites for hydroxylation is 1. The van der Waals surface area contributed by atoms with E-state index in [9.17, 15) is 9.59 Å². The zero-order valence-corrected chi connectivity index (χ0v) is 23.0. The highest BCUT2D eigenvalue weighted by Gasteiger charge is 2.32. The number of benzene rings is 3. The first-order chi connectivity index (χ1) is 17.5. The highest BCUT2D eigenvalue weighted by atomic mass is 16.5. The van der Waals surface area contributed by atoms with Crippen LogP contribution in [0.25, 0.3) is 0 Å². The molecule has 5 heteroatoms. The Hall–Kier alpha value is -3.60. The van der Waals surface area contributed by atoms with Crippen molar-refractivity contribution in [2.75, 3.05) is 6.61 Å². The summed E-state index contributed by atoms with van der Waals surface area (Å²) in [6.07, 6.45) is 0.406. The molecule has 3 aromatic carbocycles. The van der Waals surface area contributed by atoms with Crippen molar-refractivity contribution in [3.63, 3.8) is 0 Å². The van der Waals surface area contributed by atoms with Crippen molar-refractivity contribution >= 4 is 11.8 Å². The van der Waals surface area contributed by atoms with Gasteiger partial charge in [0.1, 0.15) is 11.8 Å². The maximum absolute atomic E-state index is 13.7. The summed E-state index contributed by atoms with van der Waals surface area (Å²) in [5.74, 6) is 0.629. The molecular formula is C32H40N2O3. The molecule has 0 aromatic heterocycles. The number of ether oxygens (including phenoxy) is 1. The van der Waals surface area contributed by atoms with Gasteiger partial charge in [0.25, 0.3) is 5.91 Å². The topological polar surface area (TPSA) is 58.6 Å². The molecule has 5 nitrogen and oxygen atoms in total. The predicted molar refractivity (Wildman–Crippen MR) is 150 cm³/mol. The minimum Gasteiger partial charge on any atom is -0.484 e. The van der Waals surface area contributed by atoms with Crippen LogP contribution in [0.2, 0.25) is 0 Å². The van der Waals surface area contributed by atoms with Crippen LogP contribution in [0.1, 0.15) is 62.8 Å². The zero-order chi connectivity index (χ0) is 27.0. The van der Waals surface area contributed by atoms with Gasteiger partial charge in [-0.25, -0.2) is 0 Å². The summed E-state index contributed by atoms with van der Waals surface area (Å²) in [7, 11) is 0. The third-order valence-electron chi connectivity index (χ3n) is 6.15. The van der Waals surface area contributed by atoms with E-state index in [4.69, 9.17) is 4.74 Å². The Morgan fingerprint density at radius 1 is 0.865 bits per heavy atom. The van der Waals surface area contributed by atoms with Gasteiger partial charge in [-0.15, -0.1) is 0 Å². The van der Waals surface area contributed by atoms with E-state index >= 15 is 0 Å². The van der Waals surface area contributed by atoms with Gasteiger partial charge in [-0.2, -0.15) is 0 Å². The number of nitrogens with one attached hydrogen (secondary N) is 1. The molecule has 0 saturated carbocycles. The van der Waals surface area contributed by atoms with E-state index in [1.54, 1.807) is 4.90 Å². The molecule has 0 aliphatic heterocycles. The summed E-state index contributed by atoms with van der Waals surface area (Å²) in [6, 6.07) is 25.0. The van der Waals surface area contributed by atoms with Crippen LogP contribution in [0.4, 0.5) is 0 Å². The van der Waals surface area contributed by atoms with Gasteiger partial charge in [0.15, 0.2) is 6.61 Å². The van der Waals surface area contributed by atoms with E-state index in [1.165, 1.54) is 5.56 Å². The molecule has 0 aliphatic rings. The molecular weight excluding hydrogens is 460 g/mol. The van der Waals surface area contributed by atoms with Gasteiger partial charge < -0.3 is 15.0 Å². The first-order valence-corrected chi connectivity index (χ1v) is 13.0. The Morgan fingerprint density at radius 3 is 2.05 bits per heavy atom. The summed E-state index contributed by atoms with van der Waals surface area (Å²) in [6.45, 7) is 12.3. The number of nitrogens with zero attached hydrogens (tertiary/aromatic N) is 1. The van der Waals surface area contributed by atoms with Gasteiger partial charge in [-0.3, -0.25) is 9.59 Å². The second-order valence-electron chi connectivity index (χ2n) is 11.0. The SMILES string of the molecule is Cc1ccc(CN(C(=O)COc2ccc(C(C)C)cc2)[C@H](Cc2ccccc2)C(=O)NC(C)(C)C)cc1. The van der Waals surface area contributed by atoms with Crippen LogP contribution >= 0.6 is 0 Å². The lowest BCUT2D eigenvalue weighted by atomic mass is 10.0. The van der Waals surface area contributed by atoms with Gasteiger partial charge >= 0.3 is 0 Å². The Balaban J connectivity index is 1.89. The normalized spacial score (nSPS) is 12.2. The van der Waals surface area contributed by atoms with Gasteiger partial charge in [0.05, 0.1) is 0 Å². The number of rotatable bonds is 10. The Bertz CT molecular complexity index is 1150. The third-order valence-corrected chi connectivity index (χ3v) is 6.15. The number of hydrogen-bond donors (Lipinski definition) is 1. The number of hydrogen-bond acceptors (Lipinski definition) is 3. The van der Waals surface area contributed by atoms with Crippen molar-refractivity contribution < 1.29 is 14.3 Å². The highest BCUT2D eigenvalue weighted by molar-refractivity contribution is 5.89.